The largest absolute Gasteiger partial charge is 0.355 e. The van der Waals surface area contributed by atoms with E-state index in [1.54, 1.807) is 0 Å². The standard InChI is InChI=1S/C27H28N4O2/c28-18-26(12-10-20-6-1-3-8-22(20)16-26)24(32)30-14-5-15-31-25(33)27(19-29)13-11-21-7-2-4-9-23(21)17-27/h1-4,6-9H,5,10-17H2,(H,30,32)(H,31,33). The Labute approximate surface area is 194 Å². The van der Waals surface area contributed by atoms with Crippen molar-refractivity contribution in [2.24, 2.45) is 10.8 Å². The molecule has 6 heteroatoms. The molecule has 6 nitrogen and oxygen atoms in total. The van der Waals surface area contributed by atoms with Gasteiger partial charge in [0.25, 0.3) is 0 Å². The number of nitriles is 2. The van der Waals surface area contributed by atoms with Gasteiger partial charge in [0, 0.05) is 25.9 Å². The predicted molar refractivity (Wildman–Crippen MR) is 124 cm³/mol. The minimum Gasteiger partial charge on any atom is -0.355 e. The van der Waals surface area contributed by atoms with Crippen molar-refractivity contribution in [1.82, 2.24) is 10.6 Å². The number of amides is 2. The molecule has 0 radical (unpaired) electrons. The summed E-state index contributed by atoms with van der Waals surface area (Å²) in [6.07, 6.45) is 3.83. The van der Waals surface area contributed by atoms with Crippen LogP contribution in [0, 0.1) is 33.5 Å². The normalized spacial score (nSPS) is 23.2. The van der Waals surface area contributed by atoms with Crippen molar-refractivity contribution in [1.29, 1.82) is 10.5 Å². The van der Waals surface area contributed by atoms with Crippen molar-refractivity contribution in [3.63, 3.8) is 0 Å². The molecule has 0 aliphatic heterocycles. The van der Waals surface area contributed by atoms with Crippen LogP contribution in [0.2, 0.25) is 0 Å². The topological polar surface area (TPSA) is 106 Å². The van der Waals surface area contributed by atoms with Gasteiger partial charge in [-0.2, -0.15) is 10.5 Å². The number of nitrogens with zero attached hydrogens (tertiary/aromatic N) is 2. The van der Waals surface area contributed by atoms with Crippen molar-refractivity contribution in [2.45, 2.75) is 44.9 Å². The van der Waals surface area contributed by atoms with Crippen molar-refractivity contribution in [3.05, 3.63) is 70.8 Å². The number of fused-ring (bicyclic) bond motifs is 2. The Kier molecular flexibility index (Phi) is 6.47. The van der Waals surface area contributed by atoms with Crippen molar-refractivity contribution >= 4 is 11.8 Å². The second kappa shape index (κ2) is 9.46. The number of aryl methyl sites for hydroxylation is 2. The van der Waals surface area contributed by atoms with Crippen molar-refractivity contribution in [3.8, 4) is 12.1 Å². The molecule has 0 saturated heterocycles. The molecule has 0 saturated carbocycles. The van der Waals surface area contributed by atoms with E-state index in [9.17, 15) is 20.1 Å². The summed E-state index contributed by atoms with van der Waals surface area (Å²) in [4.78, 5) is 25.7. The highest BCUT2D eigenvalue weighted by Crippen LogP contribution is 2.36. The highest BCUT2D eigenvalue weighted by Gasteiger charge is 2.42. The van der Waals surface area contributed by atoms with E-state index in [1.165, 1.54) is 11.1 Å². The fraction of sp³-hybridized carbons (Fsp3) is 0.407. The summed E-state index contributed by atoms with van der Waals surface area (Å²) in [6.45, 7) is 0.735. The number of nitrogens with one attached hydrogen (secondary N) is 2. The molecule has 0 heterocycles. The second-order valence-corrected chi connectivity index (χ2v) is 9.14. The van der Waals surface area contributed by atoms with Gasteiger partial charge in [-0.25, -0.2) is 0 Å². The molecule has 2 aliphatic carbocycles. The highest BCUT2D eigenvalue weighted by molar-refractivity contribution is 5.87. The molecular weight excluding hydrogens is 412 g/mol. The lowest BCUT2D eigenvalue weighted by Gasteiger charge is -2.31. The van der Waals surface area contributed by atoms with Gasteiger partial charge in [0.2, 0.25) is 11.8 Å². The predicted octanol–water partition coefficient (Wildman–Crippen LogP) is 3.01. The number of rotatable bonds is 6. The summed E-state index contributed by atoms with van der Waals surface area (Å²) in [6, 6.07) is 20.4. The zero-order chi connectivity index (χ0) is 23.3. The molecule has 2 atom stereocenters. The Morgan fingerprint density at radius 2 is 1.12 bits per heavy atom. The Hall–Kier alpha value is -3.64. The van der Waals surface area contributed by atoms with E-state index < -0.39 is 10.8 Å². The van der Waals surface area contributed by atoms with E-state index >= 15 is 0 Å². The van der Waals surface area contributed by atoms with Crippen LogP contribution in [-0.4, -0.2) is 24.9 Å². The van der Waals surface area contributed by atoms with Gasteiger partial charge in [-0.15, -0.1) is 0 Å². The molecule has 168 valence electrons. The molecule has 0 fully saturated rings. The summed E-state index contributed by atoms with van der Waals surface area (Å²) in [7, 11) is 0. The number of carbonyl (C=O) groups is 2. The molecule has 0 aromatic heterocycles. The van der Waals surface area contributed by atoms with Crippen LogP contribution in [0.1, 0.15) is 41.5 Å². The molecule has 2 aromatic rings. The number of carbonyl (C=O) groups excluding carboxylic acids is 2. The van der Waals surface area contributed by atoms with Crippen LogP contribution in [0.3, 0.4) is 0 Å². The summed E-state index contributed by atoms with van der Waals surface area (Å²) in [5.41, 5.74) is 2.44. The molecule has 4 rings (SSSR count). The zero-order valence-corrected chi connectivity index (χ0v) is 18.7. The lowest BCUT2D eigenvalue weighted by molar-refractivity contribution is -0.128. The van der Waals surface area contributed by atoms with Crippen LogP contribution >= 0.6 is 0 Å². The summed E-state index contributed by atoms with van der Waals surface area (Å²) in [5.74, 6) is -0.494. The van der Waals surface area contributed by atoms with Gasteiger partial charge in [-0.05, 0) is 54.4 Å². The van der Waals surface area contributed by atoms with E-state index in [2.05, 4.69) is 34.9 Å². The first-order chi connectivity index (χ1) is 16.0. The molecule has 2 N–H and O–H groups in total. The number of hydrogen-bond acceptors (Lipinski definition) is 4. The van der Waals surface area contributed by atoms with Crippen LogP contribution in [0.4, 0.5) is 0 Å². The molecule has 33 heavy (non-hydrogen) atoms. The average molecular weight is 441 g/mol. The van der Waals surface area contributed by atoms with Gasteiger partial charge in [-0.3, -0.25) is 9.59 Å². The van der Waals surface area contributed by atoms with Gasteiger partial charge in [0.05, 0.1) is 12.1 Å². The van der Waals surface area contributed by atoms with Crippen molar-refractivity contribution in [2.75, 3.05) is 13.1 Å². The monoisotopic (exact) mass is 440 g/mol. The SMILES string of the molecule is N#CC1(C(=O)NCCCNC(=O)C2(C#N)CCc3ccccc3C2)CCc2ccccc2C1. The van der Waals surface area contributed by atoms with Crippen LogP contribution in [0.15, 0.2) is 48.5 Å². The van der Waals surface area contributed by atoms with E-state index in [0.717, 1.165) is 11.1 Å². The number of hydrogen-bond donors (Lipinski definition) is 2. The minimum atomic E-state index is -1.04. The summed E-state index contributed by atoms with van der Waals surface area (Å²) in [5, 5.41) is 25.3. The first-order valence-corrected chi connectivity index (χ1v) is 11.5. The zero-order valence-electron chi connectivity index (χ0n) is 18.7. The van der Waals surface area contributed by atoms with E-state index in [1.807, 2.05) is 36.4 Å². The van der Waals surface area contributed by atoms with Gasteiger partial charge in [0.1, 0.15) is 10.8 Å². The smallest absolute Gasteiger partial charge is 0.240 e. The molecule has 2 aromatic carbocycles. The Bertz CT molecular complexity index is 1060. The molecular formula is C27H28N4O2. The average Bonchev–Trinajstić information content (AvgIpc) is 2.87. The number of benzene rings is 2. The summed E-state index contributed by atoms with van der Waals surface area (Å²) >= 11 is 0. The van der Waals surface area contributed by atoms with Crippen LogP contribution in [0.25, 0.3) is 0 Å². The lowest BCUT2D eigenvalue weighted by atomic mass is 9.72. The van der Waals surface area contributed by atoms with Gasteiger partial charge in [0.15, 0.2) is 0 Å². The van der Waals surface area contributed by atoms with Crippen LogP contribution in [-0.2, 0) is 35.3 Å². The fourth-order valence-electron chi connectivity index (χ4n) is 4.98. The molecule has 0 bridgehead atoms. The van der Waals surface area contributed by atoms with E-state index in [4.69, 9.17) is 0 Å². The Morgan fingerprint density at radius 1 is 0.727 bits per heavy atom. The van der Waals surface area contributed by atoms with Crippen LogP contribution in [0.5, 0.6) is 0 Å². The highest BCUT2D eigenvalue weighted by atomic mass is 16.2. The molecule has 2 unspecified atom stereocenters. The van der Waals surface area contributed by atoms with Crippen molar-refractivity contribution < 1.29 is 9.59 Å². The van der Waals surface area contributed by atoms with Gasteiger partial charge < -0.3 is 10.6 Å². The van der Waals surface area contributed by atoms with E-state index in [0.29, 0.717) is 58.0 Å². The second-order valence-electron chi connectivity index (χ2n) is 9.14. The van der Waals surface area contributed by atoms with Gasteiger partial charge in [-0.1, -0.05) is 48.5 Å². The van der Waals surface area contributed by atoms with E-state index in [-0.39, 0.29) is 11.8 Å². The lowest BCUT2D eigenvalue weighted by Crippen LogP contribution is -2.46. The quantitative estimate of drug-likeness (QED) is 0.674. The third kappa shape index (κ3) is 4.47. The first-order valence-electron chi connectivity index (χ1n) is 11.5. The third-order valence-electron chi connectivity index (χ3n) is 7.09. The Balaban J connectivity index is 1.26. The third-order valence-corrected chi connectivity index (χ3v) is 7.09. The molecule has 2 amide bonds. The first kappa shape index (κ1) is 22.6. The van der Waals surface area contributed by atoms with Gasteiger partial charge >= 0.3 is 0 Å². The maximum atomic E-state index is 12.9. The Morgan fingerprint density at radius 3 is 1.52 bits per heavy atom. The molecule has 2 aliphatic rings. The molecule has 0 spiro atoms. The summed E-state index contributed by atoms with van der Waals surface area (Å²) < 4.78 is 0. The van der Waals surface area contributed by atoms with Crippen LogP contribution < -0.4 is 10.6 Å². The maximum absolute atomic E-state index is 12.9. The maximum Gasteiger partial charge on any atom is 0.240 e. The minimum absolute atomic E-state index is 0.247. The fourth-order valence-corrected chi connectivity index (χ4v) is 4.98.